The van der Waals surface area contributed by atoms with E-state index in [9.17, 15) is 5.11 Å². The van der Waals surface area contributed by atoms with Gasteiger partial charge in [0.25, 0.3) is 0 Å². The molecule has 2 heteroatoms. The van der Waals surface area contributed by atoms with E-state index < -0.39 is 0 Å². The molecule has 1 aliphatic heterocycles. The van der Waals surface area contributed by atoms with Crippen molar-refractivity contribution < 1.29 is 9.84 Å². The molecule has 0 saturated heterocycles. The van der Waals surface area contributed by atoms with Crippen LogP contribution in [0.5, 0.6) is 5.75 Å². The molecule has 4 atom stereocenters. The van der Waals surface area contributed by atoms with Gasteiger partial charge in [-0.05, 0) is 54.6 Å². The number of benzene rings is 1. The molecule has 1 aliphatic carbocycles. The first kappa shape index (κ1) is 14.9. The summed E-state index contributed by atoms with van der Waals surface area (Å²) in [4.78, 5) is 0. The predicted octanol–water partition coefficient (Wildman–Crippen LogP) is 4.20. The van der Waals surface area contributed by atoms with E-state index in [2.05, 4.69) is 39.0 Å². The number of aliphatic hydroxyl groups excluding tert-OH is 1. The second-order valence-electron chi connectivity index (χ2n) is 7.99. The number of ether oxygens (including phenoxy) is 1. The summed E-state index contributed by atoms with van der Waals surface area (Å²) in [5.74, 6) is 2.15. The lowest BCUT2D eigenvalue weighted by molar-refractivity contribution is 0.00175. The molecule has 1 N–H and O–H groups in total. The first-order valence-corrected chi connectivity index (χ1v) is 8.36. The molecule has 1 fully saturated rings. The van der Waals surface area contributed by atoms with Gasteiger partial charge in [0, 0.05) is 6.42 Å². The average molecular weight is 288 g/mol. The molecular formula is C19H28O2. The number of hydrogen-bond acceptors (Lipinski definition) is 2. The number of aliphatic hydroxyl groups is 1. The molecule has 1 aromatic rings. The minimum atomic E-state index is -0.143. The highest BCUT2D eigenvalue weighted by Crippen LogP contribution is 2.43. The van der Waals surface area contributed by atoms with Crippen molar-refractivity contribution in [3.05, 3.63) is 29.8 Å². The maximum atomic E-state index is 10.4. The van der Waals surface area contributed by atoms with Crippen molar-refractivity contribution in [3.8, 4) is 5.75 Å². The highest BCUT2D eigenvalue weighted by molar-refractivity contribution is 5.37. The van der Waals surface area contributed by atoms with Crippen molar-refractivity contribution in [3.63, 3.8) is 0 Å². The zero-order valence-corrected chi connectivity index (χ0v) is 13.5. The maximum Gasteiger partial charge on any atom is 0.123 e. The summed E-state index contributed by atoms with van der Waals surface area (Å²) in [7, 11) is 0. The minimum Gasteiger partial charge on any atom is -0.490 e. The van der Waals surface area contributed by atoms with Crippen LogP contribution in [0.25, 0.3) is 0 Å². The molecule has 2 aliphatic rings. The topological polar surface area (TPSA) is 29.5 Å². The van der Waals surface area contributed by atoms with Gasteiger partial charge in [-0.1, -0.05) is 39.0 Å². The van der Waals surface area contributed by atoms with Crippen molar-refractivity contribution in [1.29, 1.82) is 0 Å². The first-order valence-electron chi connectivity index (χ1n) is 8.36. The molecule has 0 radical (unpaired) electrons. The Morgan fingerprint density at radius 1 is 1.19 bits per heavy atom. The summed E-state index contributed by atoms with van der Waals surface area (Å²) in [5, 5.41) is 10.4. The summed E-state index contributed by atoms with van der Waals surface area (Å²) in [6, 6.07) is 8.33. The van der Waals surface area contributed by atoms with Gasteiger partial charge < -0.3 is 9.84 Å². The second-order valence-corrected chi connectivity index (χ2v) is 7.99. The van der Waals surface area contributed by atoms with E-state index in [4.69, 9.17) is 4.74 Å². The fourth-order valence-corrected chi connectivity index (χ4v) is 4.01. The van der Waals surface area contributed by atoms with Crippen LogP contribution in [0.1, 0.15) is 52.0 Å². The number of fused-ring (bicyclic) bond motifs is 1. The third-order valence-electron chi connectivity index (χ3n) is 5.45. The van der Waals surface area contributed by atoms with Crippen LogP contribution in [0.3, 0.4) is 0 Å². The fourth-order valence-electron chi connectivity index (χ4n) is 4.01. The van der Waals surface area contributed by atoms with Gasteiger partial charge in [-0.2, -0.15) is 0 Å². The standard InChI is InChI=1S/C19H28O2/c1-19(2,3)15-8-9-17(20)14(10-15)12-16-11-13-6-4-5-7-18(13)21-16/h4-7,14-17,20H,8-12H2,1-3H3. The van der Waals surface area contributed by atoms with E-state index in [1.54, 1.807) is 0 Å². The van der Waals surface area contributed by atoms with Crippen molar-refractivity contribution in [1.82, 2.24) is 0 Å². The largest absolute Gasteiger partial charge is 0.490 e. The van der Waals surface area contributed by atoms with Crippen molar-refractivity contribution in [2.24, 2.45) is 17.3 Å². The summed E-state index contributed by atoms with van der Waals surface area (Å²) < 4.78 is 6.07. The Kier molecular flexibility index (Phi) is 4.00. The van der Waals surface area contributed by atoms with Gasteiger partial charge in [0.15, 0.2) is 0 Å². The molecule has 2 nitrogen and oxygen atoms in total. The van der Waals surface area contributed by atoms with Crippen LogP contribution in [0.4, 0.5) is 0 Å². The maximum absolute atomic E-state index is 10.4. The third kappa shape index (κ3) is 3.26. The summed E-state index contributed by atoms with van der Waals surface area (Å²) in [5.41, 5.74) is 1.66. The lowest BCUT2D eigenvalue weighted by Gasteiger charge is -2.40. The Balaban J connectivity index is 1.62. The van der Waals surface area contributed by atoms with Gasteiger partial charge in [-0.15, -0.1) is 0 Å². The van der Waals surface area contributed by atoms with Crippen LogP contribution >= 0.6 is 0 Å². The minimum absolute atomic E-state index is 0.143. The Bertz CT molecular complexity index is 464. The quantitative estimate of drug-likeness (QED) is 0.883. The van der Waals surface area contributed by atoms with Crippen LogP contribution in [-0.4, -0.2) is 17.3 Å². The smallest absolute Gasteiger partial charge is 0.123 e. The molecule has 1 aromatic carbocycles. The molecule has 0 bridgehead atoms. The van der Waals surface area contributed by atoms with Crippen molar-refractivity contribution in [2.45, 2.75) is 65.1 Å². The Morgan fingerprint density at radius 2 is 1.95 bits per heavy atom. The second kappa shape index (κ2) is 5.64. The lowest BCUT2D eigenvalue weighted by Crippen LogP contribution is -2.37. The predicted molar refractivity (Wildman–Crippen MR) is 85.5 cm³/mol. The van der Waals surface area contributed by atoms with Gasteiger partial charge in [0.2, 0.25) is 0 Å². The molecular weight excluding hydrogens is 260 g/mol. The van der Waals surface area contributed by atoms with E-state index in [1.807, 2.05) is 6.07 Å². The Hall–Kier alpha value is -1.02. The van der Waals surface area contributed by atoms with Crippen molar-refractivity contribution in [2.75, 3.05) is 0 Å². The zero-order valence-electron chi connectivity index (χ0n) is 13.5. The van der Waals surface area contributed by atoms with Gasteiger partial charge in [-0.25, -0.2) is 0 Å². The monoisotopic (exact) mass is 288 g/mol. The van der Waals surface area contributed by atoms with Crippen molar-refractivity contribution >= 4 is 0 Å². The molecule has 21 heavy (non-hydrogen) atoms. The Morgan fingerprint density at radius 3 is 2.67 bits per heavy atom. The highest BCUT2D eigenvalue weighted by atomic mass is 16.5. The molecule has 1 heterocycles. The molecule has 0 amide bonds. The number of para-hydroxylation sites is 1. The van der Waals surface area contributed by atoms with Crippen LogP contribution < -0.4 is 4.74 Å². The van der Waals surface area contributed by atoms with E-state index in [0.717, 1.165) is 43.8 Å². The van der Waals surface area contributed by atoms with Gasteiger partial charge in [-0.3, -0.25) is 0 Å². The molecule has 4 unspecified atom stereocenters. The lowest BCUT2D eigenvalue weighted by atomic mass is 9.67. The van der Waals surface area contributed by atoms with E-state index in [0.29, 0.717) is 11.3 Å². The third-order valence-corrected chi connectivity index (χ3v) is 5.45. The van der Waals surface area contributed by atoms with Crippen LogP contribution in [0, 0.1) is 17.3 Å². The van der Waals surface area contributed by atoms with Gasteiger partial charge >= 0.3 is 0 Å². The first-order chi connectivity index (χ1) is 9.93. The van der Waals surface area contributed by atoms with E-state index in [-0.39, 0.29) is 12.2 Å². The van der Waals surface area contributed by atoms with Crippen LogP contribution in [0.2, 0.25) is 0 Å². The highest BCUT2D eigenvalue weighted by Gasteiger charge is 2.37. The number of hydrogen-bond donors (Lipinski definition) is 1. The molecule has 0 aromatic heterocycles. The Labute approximate surface area is 128 Å². The fraction of sp³-hybridized carbons (Fsp3) is 0.684. The summed E-state index contributed by atoms with van der Waals surface area (Å²) in [6.45, 7) is 6.98. The van der Waals surface area contributed by atoms with E-state index >= 15 is 0 Å². The number of rotatable bonds is 2. The summed E-state index contributed by atoms with van der Waals surface area (Å²) >= 11 is 0. The molecule has 116 valence electrons. The molecule has 0 spiro atoms. The zero-order chi connectivity index (χ0) is 15.0. The average Bonchev–Trinajstić information content (AvgIpc) is 2.82. The van der Waals surface area contributed by atoms with Gasteiger partial charge in [0.1, 0.15) is 11.9 Å². The summed E-state index contributed by atoms with van der Waals surface area (Å²) in [6.07, 6.45) is 5.35. The van der Waals surface area contributed by atoms with Crippen LogP contribution in [-0.2, 0) is 6.42 Å². The van der Waals surface area contributed by atoms with Gasteiger partial charge in [0.05, 0.1) is 6.10 Å². The van der Waals surface area contributed by atoms with Crippen LogP contribution in [0.15, 0.2) is 24.3 Å². The SMILES string of the molecule is CC(C)(C)C1CCC(O)C(CC2Cc3ccccc3O2)C1. The normalized spacial score (nSPS) is 32.6. The van der Waals surface area contributed by atoms with E-state index in [1.165, 1.54) is 5.56 Å². The molecule has 3 rings (SSSR count). The molecule has 1 saturated carbocycles.